The van der Waals surface area contributed by atoms with E-state index in [4.69, 9.17) is 4.42 Å². The molecule has 1 heterocycles. The first-order valence-corrected chi connectivity index (χ1v) is 8.83. The van der Waals surface area contributed by atoms with E-state index >= 15 is 0 Å². The molecule has 0 unspecified atom stereocenters. The SMILES string of the molecule is O=C(c1ccccc1)c1ccc(-c2cccc3c2oc2c[c-]ccc23)cc1.[Cr]. The molecule has 0 bridgehead atoms. The van der Waals surface area contributed by atoms with Crippen LogP contribution in [0.3, 0.4) is 0 Å². The van der Waals surface area contributed by atoms with E-state index in [2.05, 4.69) is 12.1 Å². The summed E-state index contributed by atoms with van der Waals surface area (Å²) in [5.41, 5.74) is 5.10. The van der Waals surface area contributed by atoms with E-state index in [-0.39, 0.29) is 23.1 Å². The monoisotopic (exact) mass is 399 g/mol. The van der Waals surface area contributed by atoms with Crippen LogP contribution in [0.4, 0.5) is 0 Å². The van der Waals surface area contributed by atoms with E-state index in [0.29, 0.717) is 11.1 Å². The molecule has 0 saturated heterocycles. The van der Waals surface area contributed by atoms with Crippen LogP contribution in [-0.4, -0.2) is 5.78 Å². The molecule has 0 atom stereocenters. The molecule has 28 heavy (non-hydrogen) atoms. The molecule has 0 fully saturated rings. The fourth-order valence-corrected chi connectivity index (χ4v) is 3.48. The van der Waals surface area contributed by atoms with Crippen molar-refractivity contribution in [2.45, 2.75) is 0 Å². The first-order valence-electron chi connectivity index (χ1n) is 8.83. The maximum absolute atomic E-state index is 12.6. The zero-order valence-electron chi connectivity index (χ0n) is 14.9. The molecular formula is C25H15CrO2-. The quantitative estimate of drug-likeness (QED) is 0.264. The predicted molar refractivity (Wildman–Crippen MR) is 108 cm³/mol. The van der Waals surface area contributed by atoms with Crippen LogP contribution in [0, 0.1) is 6.07 Å². The Hall–Kier alpha value is -3.12. The van der Waals surface area contributed by atoms with E-state index in [1.807, 2.05) is 84.9 Å². The molecule has 4 aromatic carbocycles. The molecule has 0 N–H and O–H groups in total. The summed E-state index contributed by atoms with van der Waals surface area (Å²) >= 11 is 0. The predicted octanol–water partition coefficient (Wildman–Crippen LogP) is 6.28. The summed E-state index contributed by atoms with van der Waals surface area (Å²) in [7, 11) is 0. The van der Waals surface area contributed by atoms with Gasteiger partial charge in [0.1, 0.15) is 5.58 Å². The molecule has 2 nitrogen and oxygen atoms in total. The zero-order valence-corrected chi connectivity index (χ0v) is 16.2. The minimum atomic E-state index is 0. The fourth-order valence-electron chi connectivity index (χ4n) is 3.48. The average molecular weight is 399 g/mol. The van der Waals surface area contributed by atoms with Gasteiger partial charge in [-0.2, -0.15) is 18.2 Å². The minimum absolute atomic E-state index is 0. The standard InChI is InChI=1S/C25H15O2.Cr/c26-24(18-7-2-1-3-8-18)19-15-13-17(14-16-19)20-10-6-11-22-21-9-4-5-12-23(21)27-25(20)22;/h1-4,6-16H;/q-1;. The Balaban J connectivity index is 0.00000192. The van der Waals surface area contributed by atoms with Crippen LogP contribution in [0.1, 0.15) is 15.9 Å². The molecule has 0 saturated carbocycles. The van der Waals surface area contributed by atoms with Gasteiger partial charge in [-0.05, 0) is 5.56 Å². The number of carbonyl (C=O) groups excluding carboxylic acids is 1. The zero-order chi connectivity index (χ0) is 18.2. The van der Waals surface area contributed by atoms with Crippen molar-refractivity contribution in [3.05, 3.63) is 108 Å². The van der Waals surface area contributed by atoms with Crippen molar-refractivity contribution in [1.29, 1.82) is 0 Å². The summed E-state index contributed by atoms with van der Waals surface area (Å²) in [5, 5.41) is 2.17. The molecular weight excluding hydrogens is 384 g/mol. The first kappa shape index (κ1) is 18.3. The second kappa shape index (κ2) is 7.48. The summed E-state index contributed by atoms with van der Waals surface area (Å²) in [6.45, 7) is 0. The number of rotatable bonds is 3. The van der Waals surface area contributed by atoms with Crippen molar-refractivity contribution in [2.75, 3.05) is 0 Å². The van der Waals surface area contributed by atoms with Gasteiger partial charge in [0.25, 0.3) is 0 Å². The second-order valence-corrected chi connectivity index (χ2v) is 6.48. The normalized spacial score (nSPS) is 10.7. The molecule has 0 aliphatic heterocycles. The van der Waals surface area contributed by atoms with Crippen molar-refractivity contribution < 1.29 is 26.6 Å². The fraction of sp³-hybridized carbons (Fsp3) is 0. The van der Waals surface area contributed by atoms with Crippen LogP contribution in [0.15, 0.2) is 95.4 Å². The number of fused-ring (bicyclic) bond motifs is 3. The molecule has 3 heteroatoms. The van der Waals surface area contributed by atoms with Crippen LogP contribution < -0.4 is 0 Å². The van der Waals surface area contributed by atoms with Gasteiger partial charge in [-0.3, -0.25) is 4.79 Å². The van der Waals surface area contributed by atoms with Crippen molar-refractivity contribution in [3.8, 4) is 11.1 Å². The molecule has 0 aliphatic carbocycles. The second-order valence-electron chi connectivity index (χ2n) is 6.48. The average Bonchev–Trinajstić information content (AvgIpc) is 3.13. The van der Waals surface area contributed by atoms with Gasteiger partial charge in [-0.15, -0.1) is 6.07 Å². The van der Waals surface area contributed by atoms with Gasteiger partial charge in [0.2, 0.25) is 0 Å². The first-order chi connectivity index (χ1) is 13.3. The smallest absolute Gasteiger partial charge is 0.193 e. The number of hydrogen-bond acceptors (Lipinski definition) is 2. The number of carbonyl (C=O) groups is 1. The Labute approximate surface area is 173 Å². The number of para-hydroxylation sites is 1. The molecule has 134 valence electrons. The summed E-state index contributed by atoms with van der Waals surface area (Å²) in [6, 6.07) is 32.0. The number of hydrogen-bond donors (Lipinski definition) is 0. The van der Waals surface area contributed by atoms with Crippen LogP contribution >= 0.6 is 0 Å². The molecule has 5 rings (SSSR count). The van der Waals surface area contributed by atoms with E-state index in [0.717, 1.165) is 33.1 Å². The Kier molecular flexibility index (Phi) is 4.88. The molecule has 0 spiro atoms. The van der Waals surface area contributed by atoms with E-state index < -0.39 is 0 Å². The Morgan fingerprint density at radius 1 is 0.750 bits per heavy atom. The molecule has 0 radical (unpaired) electrons. The van der Waals surface area contributed by atoms with Crippen LogP contribution in [0.2, 0.25) is 0 Å². The van der Waals surface area contributed by atoms with E-state index in [1.165, 1.54) is 0 Å². The van der Waals surface area contributed by atoms with Gasteiger partial charge in [0, 0.05) is 45.0 Å². The van der Waals surface area contributed by atoms with Crippen molar-refractivity contribution in [2.24, 2.45) is 0 Å². The third kappa shape index (κ3) is 3.06. The topological polar surface area (TPSA) is 30.2 Å². The Morgan fingerprint density at radius 3 is 2.29 bits per heavy atom. The van der Waals surface area contributed by atoms with E-state index in [1.54, 1.807) is 0 Å². The van der Waals surface area contributed by atoms with Crippen LogP contribution in [-0.2, 0) is 17.4 Å². The van der Waals surface area contributed by atoms with Gasteiger partial charge in [-0.25, -0.2) is 0 Å². The number of furan rings is 1. The summed E-state index contributed by atoms with van der Waals surface area (Å²) in [6.07, 6.45) is 0. The van der Waals surface area contributed by atoms with Gasteiger partial charge >= 0.3 is 0 Å². The third-order valence-corrected chi connectivity index (χ3v) is 4.84. The summed E-state index contributed by atoms with van der Waals surface area (Å²) < 4.78 is 6.09. The minimum Gasteiger partial charge on any atom is -0.515 e. The largest absolute Gasteiger partial charge is 0.515 e. The molecule has 0 aliphatic rings. The summed E-state index contributed by atoms with van der Waals surface area (Å²) in [5.74, 6) is 0.0274. The maximum atomic E-state index is 12.6. The van der Waals surface area contributed by atoms with Crippen molar-refractivity contribution in [3.63, 3.8) is 0 Å². The molecule has 0 amide bonds. The van der Waals surface area contributed by atoms with Crippen LogP contribution in [0.5, 0.6) is 0 Å². The third-order valence-electron chi connectivity index (χ3n) is 4.84. The molecule has 1 aromatic heterocycles. The van der Waals surface area contributed by atoms with Gasteiger partial charge in [-0.1, -0.05) is 78.2 Å². The van der Waals surface area contributed by atoms with Crippen LogP contribution in [0.25, 0.3) is 33.1 Å². The Morgan fingerprint density at radius 2 is 1.50 bits per heavy atom. The maximum Gasteiger partial charge on any atom is 0.193 e. The number of benzene rings is 4. The van der Waals surface area contributed by atoms with Gasteiger partial charge < -0.3 is 4.42 Å². The van der Waals surface area contributed by atoms with Gasteiger partial charge in [0.05, 0.1) is 0 Å². The summed E-state index contributed by atoms with van der Waals surface area (Å²) in [4.78, 5) is 12.6. The van der Waals surface area contributed by atoms with E-state index in [9.17, 15) is 4.79 Å². The van der Waals surface area contributed by atoms with Gasteiger partial charge in [0.15, 0.2) is 5.78 Å². The Bertz CT molecular complexity index is 1270. The van der Waals surface area contributed by atoms with Crippen molar-refractivity contribution in [1.82, 2.24) is 0 Å². The van der Waals surface area contributed by atoms with Crippen molar-refractivity contribution >= 4 is 27.7 Å². The number of ketones is 1. The molecule has 5 aromatic rings.